The van der Waals surface area contributed by atoms with E-state index in [1.165, 1.54) is 0 Å². The first-order valence-electron chi connectivity index (χ1n) is 12.8. The Morgan fingerprint density at radius 3 is 2.38 bits per heavy atom. The molecule has 0 aromatic heterocycles. The summed E-state index contributed by atoms with van der Waals surface area (Å²) in [6.45, 7) is 1.86. The number of benzene rings is 3. The molecule has 1 N–H and O–H groups in total. The van der Waals surface area contributed by atoms with Crippen LogP contribution in [0.2, 0.25) is 0 Å². The lowest BCUT2D eigenvalue weighted by molar-refractivity contribution is -0.134. The normalized spacial score (nSPS) is 29.0. The molecule has 39 heavy (non-hydrogen) atoms. The van der Waals surface area contributed by atoms with Crippen molar-refractivity contribution in [2.45, 2.75) is 37.1 Å². The van der Waals surface area contributed by atoms with E-state index in [2.05, 4.69) is 6.07 Å². The Bertz CT molecular complexity index is 1530. The molecule has 3 saturated heterocycles. The minimum Gasteiger partial charge on any atom is -0.496 e. The van der Waals surface area contributed by atoms with Gasteiger partial charge in [-0.3, -0.25) is 9.59 Å². The molecule has 3 aromatic carbocycles. The number of imide groups is 1. The summed E-state index contributed by atoms with van der Waals surface area (Å²) in [6, 6.07) is 18.2. The van der Waals surface area contributed by atoms with E-state index in [9.17, 15) is 20.0 Å². The molecular formula is C30H28N2O7. The Morgan fingerprint density at radius 1 is 1.03 bits per heavy atom. The Balaban J connectivity index is 1.32. The Kier molecular flexibility index (Phi) is 5.79. The molecule has 0 spiro atoms. The van der Waals surface area contributed by atoms with E-state index in [4.69, 9.17) is 18.9 Å². The predicted molar refractivity (Wildman–Crippen MR) is 141 cm³/mol. The second-order valence-corrected chi connectivity index (χ2v) is 10.5. The number of methoxy groups -OCH3 is 2. The number of hydrogen-bond donors (Lipinski definition) is 1. The first-order valence-corrected chi connectivity index (χ1v) is 12.8. The summed E-state index contributed by atoms with van der Waals surface area (Å²) in [5.74, 6) is -0.903. The lowest BCUT2D eigenvalue weighted by atomic mass is 9.66. The van der Waals surface area contributed by atoms with Gasteiger partial charge in [-0.25, -0.2) is 4.90 Å². The summed E-state index contributed by atoms with van der Waals surface area (Å²) < 4.78 is 23.0. The molecule has 3 aliphatic rings. The van der Waals surface area contributed by atoms with E-state index in [1.807, 2.05) is 18.2 Å². The van der Waals surface area contributed by atoms with E-state index in [1.54, 1.807) is 57.5 Å². The van der Waals surface area contributed by atoms with Crippen LogP contribution in [0.1, 0.15) is 25.3 Å². The minimum absolute atomic E-state index is 0.170. The van der Waals surface area contributed by atoms with Gasteiger partial charge in [0.1, 0.15) is 28.9 Å². The molecule has 0 aliphatic carbocycles. The van der Waals surface area contributed by atoms with Crippen molar-refractivity contribution in [3.05, 3.63) is 60.2 Å². The molecular weight excluding hydrogens is 500 g/mol. The van der Waals surface area contributed by atoms with E-state index in [0.717, 1.165) is 10.3 Å². The molecule has 3 heterocycles. The fourth-order valence-electron chi connectivity index (χ4n) is 6.63. The van der Waals surface area contributed by atoms with E-state index < -0.39 is 41.0 Å². The van der Waals surface area contributed by atoms with E-state index in [-0.39, 0.29) is 30.7 Å². The maximum atomic E-state index is 14.0. The second-order valence-electron chi connectivity index (χ2n) is 10.5. The van der Waals surface area contributed by atoms with Gasteiger partial charge in [-0.15, -0.1) is 0 Å². The molecule has 3 fully saturated rings. The minimum atomic E-state index is -1.23. The number of ether oxygens (including phenoxy) is 4. The standard InChI is InChI=1S/C30H28N2O7/c1-29-24(33)15-30(39-29,10-11-38-20-13-18(36-2)12-19(14-20)37-3)26-25(29)27(34)32(28(26)35)23-9-8-17-6-4-5-7-21(17)22(23)16-31/h4-9,12-14,24-26,33H,10-11,15H2,1-3H3. The Morgan fingerprint density at radius 2 is 1.69 bits per heavy atom. The summed E-state index contributed by atoms with van der Waals surface area (Å²) in [5.41, 5.74) is -1.80. The zero-order chi connectivity index (χ0) is 27.5. The third kappa shape index (κ3) is 3.59. The second kappa shape index (κ2) is 8.97. The molecule has 9 heteroatoms. The molecule has 0 radical (unpaired) electrons. The number of amides is 2. The van der Waals surface area contributed by atoms with Crippen molar-refractivity contribution in [1.29, 1.82) is 5.26 Å². The van der Waals surface area contributed by atoms with Crippen molar-refractivity contribution >= 4 is 28.3 Å². The number of rotatable bonds is 7. The predicted octanol–water partition coefficient (Wildman–Crippen LogP) is 3.60. The van der Waals surface area contributed by atoms with Gasteiger partial charge in [-0.2, -0.15) is 5.26 Å². The van der Waals surface area contributed by atoms with Crippen LogP contribution in [0, 0.1) is 23.2 Å². The number of nitrogens with zero attached hydrogens (tertiary/aromatic N) is 2. The average molecular weight is 529 g/mol. The zero-order valence-corrected chi connectivity index (χ0v) is 21.8. The Hall–Kier alpha value is -4.13. The van der Waals surface area contributed by atoms with Crippen LogP contribution < -0.4 is 19.1 Å². The van der Waals surface area contributed by atoms with Crippen molar-refractivity contribution in [2.75, 3.05) is 25.7 Å². The third-order valence-corrected chi connectivity index (χ3v) is 8.49. The van der Waals surface area contributed by atoms with Gasteiger partial charge in [0.05, 0.1) is 55.6 Å². The van der Waals surface area contributed by atoms with Crippen LogP contribution in [-0.4, -0.2) is 55.1 Å². The van der Waals surface area contributed by atoms with Crippen LogP contribution >= 0.6 is 0 Å². The maximum Gasteiger partial charge on any atom is 0.240 e. The van der Waals surface area contributed by atoms with Crippen molar-refractivity contribution in [3.63, 3.8) is 0 Å². The van der Waals surface area contributed by atoms with Crippen LogP contribution in [0.5, 0.6) is 17.2 Å². The number of carbonyl (C=O) groups excluding carboxylic acids is 2. The number of fused-ring (bicyclic) bond motifs is 6. The molecule has 9 nitrogen and oxygen atoms in total. The molecule has 3 aromatic rings. The summed E-state index contributed by atoms with van der Waals surface area (Å²) in [7, 11) is 3.10. The highest BCUT2D eigenvalue weighted by Crippen LogP contribution is 2.62. The molecule has 5 unspecified atom stereocenters. The first-order chi connectivity index (χ1) is 18.8. The van der Waals surface area contributed by atoms with Gasteiger partial charge >= 0.3 is 0 Å². The van der Waals surface area contributed by atoms with Crippen LogP contribution in [0.25, 0.3) is 10.8 Å². The quantitative estimate of drug-likeness (QED) is 0.462. The fraction of sp³-hybridized carbons (Fsp3) is 0.367. The summed E-state index contributed by atoms with van der Waals surface area (Å²) in [6.07, 6.45) is -0.458. The van der Waals surface area contributed by atoms with Gasteiger partial charge in [0.2, 0.25) is 11.8 Å². The fourth-order valence-corrected chi connectivity index (χ4v) is 6.63. The van der Waals surface area contributed by atoms with Crippen LogP contribution in [0.4, 0.5) is 5.69 Å². The monoisotopic (exact) mass is 528 g/mol. The number of aliphatic hydroxyl groups is 1. The molecule has 2 bridgehead atoms. The van der Waals surface area contributed by atoms with E-state index >= 15 is 0 Å². The molecule has 0 saturated carbocycles. The highest BCUT2D eigenvalue weighted by atomic mass is 16.6. The van der Waals surface area contributed by atoms with E-state index in [0.29, 0.717) is 22.6 Å². The van der Waals surface area contributed by atoms with Gasteiger partial charge < -0.3 is 24.1 Å². The lowest BCUT2D eigenvalue weighted by Gasteiger charge is -2.33. The van der Waals surface area contributed by atoms with Crippen LogP contribution in [0.15, 0.2) is 54.6 Å². The zero-order valence-electron chi connectivity index (χ0n) is 21.8. The van der Waals surface area contributed by atoms with Gasteiger partial charge in [-0.05, 0) is 18.4 Å². The van der Waals surface area contributed by atoms with Gasteiger partial charge in [0.15, 0.2) is 0 Å². The highest BCUT2D eigenvalue weighted by molar-refractivity contribution is 6.24. The molecule has 3 aliphatic heterocycles. The molecule has 5 atom stereocenters. The summed E-state index contributed by atoms with van der Waals surface area (Å²) >= 11 is 0. The van der Waals surface area contributed by atoms with Gasteiger partial charge in [0, 0.05) is 36.4 Å². The van der Waals surface area contributed by atoms with Crippen molar-refractivity contribution in [1.82, 2.24) is 0 Å². The third-order valence-electron chi connectivity index (χ3n) is 8.49. The lowest BCUT2D eigenvalue weighted by Crippen LogP contribution is -2.49. The van der Waals surface area contributed by atoms with Gasteiger partial charge in [-0.1, -0.05) is 30.3 Å². The number of nitriles is 1. The number of anilines is 1. The first kappa shape index (κ1) is 25.2. The number of hydrogen-bond acceptors (Lipinski definition) is 8. The number of carbonyl (C=O) groups is 2. The summed E-state index contributed by atoms with van der Waals surface area (Å²) in [5, 5.41) is 22.5. The molecule has 2 amide bonds. The van der Waals surface area contributed by atoms with Gasteiger partial charge in [0.25, 0.3) is 0 Å². The molecule has 6 rings (SSSR count). The number of aliphatic hydroxyl groups excluding tert-OH is 1. The highest BCUT2D eigenvalue weighted by Gasteiger charge is 2.77. The Labute approximate surface area is 225 Å². The maximum absolute atomic E-state index is 14.0. The average Bonchev–Trinajstić information content (AvgIpc) is 3.48. The smallest absolute Gasteiger partial charge is 0.240 e. The topological polar surface area (TPSA) is 118 Å². The van der Waals surface area contributed by atoms with Crippen LogP contribution in [-0.2, 0) is 14.3 Å². The SMILES string of the molecule is COc1cc(OC)cc(OCCC23CC(O)C(C)(O2)C2C(=O)N(c4ccc5ccccc5c4C#N)C(=O)C23)c1. The summed E-state index contributed by atoms with van der Waals surface area (Å²) in [4.78, 5) is 29.0. The molecule has 200 valence electrons. The van der Waals surface area contributed by atoms with Crippen molar-refractivity contribution in [2.24, 2.45) is 11.8 Å². The van der Waals surface area contributed by atoms with Crippen molar-refractivity contribution in [3.8, 4) is 23.3 Å². The van der Waals surface area contributed by atoms with Crippen LogP contribution in [0.3, 0.4) is 0 Å². The largest absolute Gasteiger partial charge is 0.496 e. The van der Waals surface area contributed by atoms with Crippen molar-refractivity contribution < 1.29 is 33.6 Å².